The maximum atomic E-state index is 5.10. The fourth-order valence-electron chi connectivity index (χ4n) is 1.26. The molecule has 0 spiro atoms. The van der Waals surface area contributed by atoms with Crippen LogP contribution in [0.1, 0.15) is 50.5 Å². The summed E-state index contributed by atoms with van der Waals surface area (Å²) in [6.07, 6.45) is 4.03. The van der Waals surface area contributed by atoms with Crippen LogP contribution in [0.4, 0.5) is 0 Å². The summed E-state index contributed by atoms with van der Waals surface area (Å²) in [4.78, 5) is 4.04. The molecule has 0 saturated carbocycles. The lowest BCUT2D eigenvalue weighted by atomic mass is 10.4. The minimum Gasteiger partial charge on any atom is -0.446 e. The Balaban J connectivity index is 0.000000241. The maximum absolute atomic E-state index is 5.10. The highest BCUT2D eigenvalue weighted by molar-refractivity contribution is 5.03. The van der Waals surface area contributed by atoms with Gasteiger partial charge in [0.15, 0.2) is 5.89 Å². The first-order chi connectivity index (χ1) is 7.61. The number of oxazole rings is 1. The van der Waals surface area contributed by atoms with E-state index in [1.807, 2.05) is 20.8 Å². The van der Waals surface area contributed by atoms with Crippen molar-refractivity contribution in [2.24, 2.45) is 0 Å². The molecule has 0 amide bonds. The Labute approximate surface area is 99.7 Å². The molecule has 1 N–H and O–H groups in total. The molecule has 0 atom stereocenters. The summed E-state index contributed by atoms with van der Waals surface area (Å²) in [6.45, 7) is 12.4. The summed E-state index contributed by atoms with van der Waals surface area (Å²) >= 11 is 0. The molecule has 2 heterocycles. The molecule has 16 heavy (non-hydrogen) atoms. The van der Waals surface area contributed by atoms with Gasteiger partial charge in [0.1, 0.15) is 5.76 Å². The third-order valence-electron chi connectivity index (χ3n) is 2.09. The van der Waals surface area contributed by atoms with Gasteiger partial charge >= 0.3 is 0 Å². The highest BCUT2D eigenvalue weighted by atomic mass is 16.4. The van der Waals surface area contributed by atoms with E-state index in [0.717, 1.165) is 17.3 Å². The number of nitrogens with one attached hydrogen (secondary N) is 1. The zero-order valence-corrected chi connectivity index (χ0v) is 11.4. The van der Waals surface area contributed by atoms with Crippen molar-refractivity contribution in [1.29, 1.82) is 0 Å². The van der Waals surface area contributed by atoms with Gasteiger partial charge in [0.25, 0.3) is 0 Å². The van der Waals surface area contributed by atoms with Gasteiger partial charge in [0.2, 0.25) is 0 Å². The second-order valence-corrected chi connectivity index (χ2v) is 4.04. The number of aromatic nitrogens is 1. The molecule has 0 radical (unpaired) electrons. The Hall–Kier alpha value is -0.830. The second-order valence-electron chi connectivity index (χ2n) is 4.04. The van der Waals surface area contributed by atoms with Crippen LogP contribution in [0.3, 0.4) is 0 Å². The van der Waals surface area contributed by atoms with E-state index in [0.29, 0.717) is 0 Å². The molecule has 1 aliphatic rings. The van der Waals surface area contributed by atoms with Crippen LogP contribution < -0.4 is 5.32 Å². The van der Waals surface area contributed by atoms with Crippen LogP contribution in [0, 0.1) is 20.8 Å². The Morgan fingerprint density at radius 1 is 1.12 bits per heavy atom. The molecule has 3 nitrogen and oxygen atoms in total. The molecular weight excluding hydrogens is 200 g/mol. The monoisotopic (exact) mass is 226 g/mol. The first kappa shape index (κ1) is 15.2. The van der Waals surface area contributed by atoms with Crippen LogP contribution in [-0.2, 0) is 0 Å². The zero-order valence-electron chi connectivity index (χ0n) is 11.4. The van der Waals surface area contributed by atoms with Crippen molar-refractivity contribution in [2.75, 3.05) is 13.1 Å². The summed E-state index contributed by atoms with van der Waals surface area (Å²) in [5, 5.41) is 3.22. The second kappa shape index (κ2) is 9.40. The lowest BCUT2D eigenvalue weighted by Gasteiger charge is -1.77. The number of hydrogen-bond acceptors (Lipinski definition) is 3. The largest absolute Gasteiger partial charge is 0.446 e. The van der Waals surface area contributed by atoms with Crippen LogP contribution in [0.5, 0.6) is 0 Å². The minimum atomic E-state index is 0.750. The summed E-state index contributed by atoms with van der Waals surface area (Å²) < 4.78 is 5.10. The van der Waals surface area contributed by atoms with Gasteiger partial charge in [-0.2, -0.15) is 0 Å². The van der Waals surface area contributed by atoms with E-state index in [4.69, 9.17) is 4.42 Å². The van der Waals surface area contributed by atoms with Gasteiger partial charge in [-0.15, -0.1) is 0 Å². The normalized spacial score (nSPS) is 13.6. The SMILES string of the molecule is C1CCNC1.CCC.Cc1nc(C)c(C)o1. The predicted octanol–water partition coefficient (Wildman–Crippen LogP) is 3.39. The molecule has 0 aromatic carbocycles. The average Bonchev–Trinajstić information content (AvgIpc) is 2.82. The molecule has 1 aromatic rings. The molecule has 0 unspecified atom stereocenters. The molecule has 94 valence electrons. The van der Waals surface area contributed by atoms with E-state index in [2.05, 4.69) is 24.1 Å². The van der Waals surface area contributed by atoms with Gasteiger partial charge in [-0.1, -0.05) is 20.3 Å². The van der Waals surface area contributed by atoms with E-state index in [1.54, 1.807) is 0 Å². The lowest BCUT2D eigenvalue weighted by Crippen LogP contribution is -2.03. The van der Waals surface area contributed by atoms with E-state index in [1.165, 1.54) is 32.4 Å². The van der Waals surface area contributed by atoms with E-state index in [9.17, 15) is 0 Å². The Morgan fingerprint density at radius 3 is 1.75 bits per heavy atom. The van der Waals surface area contributed by atoms with Gasteiger partial charge in [-0.25, -0.2) is 4.98 Å². The van der Waals surface area contributed by atoms with Crippen molar-refractivity contribution in [3.05, 3.63) is 17.3 Å². The van der Waals surface area contributed by atoms with Gasteiger partial charge in [0.05, 0.1) is 5.69 Å². The molecule has 0 aliphatic carbocycles. The number of rotatable bonds is 0. The quantitative estimate of drug-likeness (QED) is 0.737. The van der Waals surface area contributed by atoms with Gasteiger partial charge < -0.3 is 9.73 Å². The molecule has 3 heteroatoms. The van der Waals surface area contributed by atoms with Crippen LogP contribution >= 0.6 is 0 Å². The van der Waals surface area contributed by atoms with Gasteiger partial charge in [0, 0.05) is 6.92 Å². The topological polar surface area (TPSA) is 38.1 Å². The Bertz CT molecular complexity index is 238. The molecular formula is C13H26N2O. The van der Waals surface area contributed by atoms with Crippen LogP contribution in [0.25, 0.3) is 0 Å². The van der Waals surface area contributed by atoms with Crippen molar-refractivity contribution in [1.82, 2.24) is 10.3 Å². The molecule has 1 aromatic heterocycles. The summed E-state index contributed by atoms with van der Waals surface area (Å²) in [7, 11) is 0. The molecule has 0 bridgehead atoms. The smallest absolute Gasteiger partial charge is 0.191 e. The predicted molar refractivity (Wildman–Crippen MR) is 68.8 cm³/mol. The van der Waals surface area contributed by atoms with E-state index < -0.39 is 0 Å². The van der Waals surface area contributed by atoms with Gasteiger partial charge in [-0.3, -0.25) is 0 Å². The standard InChI is InChI=1S/C6H9NO.C4H9N.C3H8/c1-4-5(2)8-6(3)7-4;1-2-4-5-3-1;1-3-2/h1-3H3;5H,1-4H2;3H2,1-2H3. The third-order valence-corrected chi connectivity index (χ3v) is 2.09. The van der Waals surface area contributed by atoms with Crippen molar-refractivity contribution >= 4 is 0 Å². The molecule has 2 rings (SSSR count). The third kappa shape index (κ3) is 7.46. The number of hydrogen-bond donors (Lipinski definition) is 1. The number of aryl methyl sites for hydroxylation is 3. The fraction of sp³-hybridized carbons (Fsp3) is 0.769. The van der Waals surface area contributed by atoms with E-state index in [-0.39, 0.29) is 0 Å². The number of nitrogens with zero attached hydrogens (tertiary/aromatic N) is 1. The highest BCUT2D eigenvalue weighted by Crippen LogP contribution is 2.05. The van der Waals surface area contributed by atoms with Crippen LogP contribution in [0.2, 0.25) is 0 Å². The Morgan fingerprint density at radius 2 is 1.62 bits per heavy atom. The Kier molecular flexibility index (Phi) is 8.91. The first-order valence-corrected chi connectivity index (χ1v) is 6.23. The summed E-state index contributed by atoms with van der Waals surface area (Å²) in [5.41, 5.74) is 0.988. The summed E-state index contributed by atoms with van der Waals surface area (Å²) in [5.74, 6) is 1.67. The molecule has 1 fully saturated rings. The fourth-order valence-corrected chi connectivity index (χ4v) is 1.26. The van der Waals surface area contributed by atoms with Crippen LogP contribution in [0.15, 0.2) is 4.42 Å². The molecule has 1 saturated heterocycles. The van der Waals surface area contributed by atoms with Crippen LogP contribution in [-0.4, -0.2) is 18.1 Å². The zero-order chi connectivity index (χ0) is 12.4. The maximum Gasteiger partial charge on any atom is 0.191 e. The minimum absolute atomic E-state index is 0.750. The van der Waals surface area contributed by atoms with Gasteiger partial charge in [-0.05, 0) is 39.8 Å². The first-order valence-electron chi connectivity index (χ1n) is 6.23. The lowest BCUT2D eigenvalue weighted by molar-refractivity contribution is 0.493. The highest BCUT2D eigenvalue weighted by Gasteiger charge is 1.97. The van der Waals surface area contributed by atoms with Crippen molar-refractivity contribution in [3.63, 3.8) is 0 Å². The van der Waals surface area contributed by atoms with Crippen molar-refractivity contribution in [2.45, 2.75) is 53.9 Å². The van der Waals surface area contributed by atoms with Crippen molar-refractivity contribution in [3.8, 4) is 0 Å². The van der Waals surface area contributed by atoms with Crippen molar-refractivity contribution < 1.29 is 4.42 Å². The average molecular weight is 226 g/mol. The summed E-state index contributed by atoms with van der Waals surface area (Å²) in [6, 6.07) is 0. The van der Waals surface area contributed by atoms with E-state index >= 15 is 0 Å². The molecule has 1 aliphatic heterocycles.